The molecule has 4 rings (SSSR count). The molecule has 0 radical (unpaired) electrons. The highest BCUT2D eigenvalue weighted by Crippen LogP contribution is 2.27. The van der Waals surface area contributed by atoms with Gasteiger partial charge in [0.25, 0.3) is 11.8 Å². The zero-order valence-corrected chi connectivity index (χ0v) is 20.9. The number of alkyl halides is 3. The van der Waals surface area contributed by atoms with Crippen LogP contribution in [0.25, 0.3) is 11.0 Å². The van der Waals surface area contributed by atoms with Crippen LogP contribution in [0, 0.1) is 0 Å². The molecule has 0 saturated carbocycles. The van der Waals surface area contributed by atoms with Gasteiger partial charge in [-0.1, -0.05) is 38.1 Å². The van der Waals surface area contributed by atoms with Crippen LogP contribution in [0.15, 0.2) is 66.7 Å². The lowest BCUT2D eigenvalue weighted by molar-refractivity contribution is -0.274. The number of carbonyl (C=O) groups excluding carboxylic acids is 2. The zero-order valence-electron chi connectivity index (χ0n) is 20.9. The average molecular weight is 542 g/mol. The van der Waals surface area contributed by atoms with E-state index in [4.69, 9.17) is 5.73 Å². The number of aromatic nitrogens is 2. The molecule has 0 aliphatic carbocycles. The van der Waals surface area contributed by atoms with Crippen LogP contribution in [0.1, 0.15) is 47.3 Å². The fourth-order valence-corrected chi connectivity index (χ4v) is 3.94. The summed E-state index contributed by atoms with van der Waals surface area (Å²) < 4.78 is 41.7. The Labute approximate surface area is 221 Å². The molecule has 12 heteroatoms. The number of fused-ring (bicyclic) bond motifs is 1. The van der Waals surface area contributed by atoms with Gasteiger partial charge in [0.1, 0.15) is 5.75 Å². The molecule has 0 aliphatic heterocycles. The molecule has 0 saturated heterocycles. The number of imidazole rings is 1. The van der Waals surface area contributed by atoms with Crippen molar-refractivity contribution in [1.29, 1.82) is 0 Å². The monoisotopic (exact) mass is 541 g/mol. The molecular formula is C27H26F3N5O4. The van der Waals surface area contributed by atoms with E-state index in [0.29, 0.717) is 16.7 Å². The third-order valence-corrected chi connectivity index (χ3v) is 5.95. The van der Waals surface area contributed by atoms with E-state index in [1.807, 2.05) is 13.8 Å². The van der Waals surface area contributed by atoms with Crippen molar-refractivity contribution in [1.82, 2.24) is 15.3 Å². The summed E-state index contributed by atoms with van der Waals surface area (Å²) in [4.78, 5) is 33.0. The van der Waals surface area contributed by atoms with Gasteiger partial charge in [0.2, 0.25) is 0 Å². The molecule has 3 aromatic carbocycles. The van der Waals surface area contributed by atoms with Gasteiger partial charge in [-0.15, -0.1) is 13.2 Å². The van der Waals surface area contributed by atoms with E-state index < -0.39 is 36.1 Å². The quantitative estimate of drug-likeness (QED) is 0.220. The van der Waals surface area contributed by atoms with Crippen LogP contribution in [0.2, 0.25) is 0 Å². The molecule has 1 aromatic heterocycles. The summed E-state index contributed by atoms with van der Waals surface area (Å²) in [6.45, 7) is 4.01. The smallest absolute Gasteiger partial charge is 0.406 e. The Morgan fingerprint density at radius 1 is 1.00 bits per heavy atom. The summed E-state index contributed by atoms with van der Waals surface area (Å²) in [7, 11) is 0. The van der Waals surface area contributed by atoms with Gasteiger partial charge < -0.3 is 31.2 Å². The Balaban J connectivity index is 1.58. The van der Waals surface area contributed by atoms with Crippen LogP contribution >= 0.6 is 0 Å². The Morgan fingerprint density at radius 3 is 2.26 bits per heavy atom. The molecule has 0 aliphatic rings. The molecule has 204 valence electrons. The van der Waals surface area contributed by atoms with E-state index in [1.54, 1.807) is 42.5 Å². The Hall–Kier alpha value is -4.58. The van der Waals surface area contributed by atoms with Crippen LogP contribution in [0.5, 0.6) is 5.75 Å². The summed E-state index contributed by atoms with van der Waals surface area (Å²) in [5, 5.41) is 16.2. The molecule has 2 unspecified atom stereocenters. The van der Waals surface area contributed by atoms with Crippen molar-refractivity contribution < 1.29 is 32.6 Å². The minimum Gasteiger partial charge on any atom is -0.406 e. The summed E-state index contributed by atoms with van der Waals surface area (Å²) in [5.41, 5.74) is 8.55. The van der Waals surface area contributed by atoms with Crippen molar-refractivity contribution in [3.05, 3.63) is 83.4 Å². The third-order valence-electron chi connectivity index (χ3n) is 5.95. The first-order valence-electron chi connectivity index (χ1n) is 11.9. The first kappa shape index (κ1) is 27.5. The molecule has 2 amide bonds. The zero-order chi connectivity index (χ0) is 28.3. The predicted molar refractivity (Wildman–Crippen MR) is 139 cm³/mol. The van der Waals surface area contributed by atoms with Crippen molar-refractivity contribution >= 4 is 34.5 Å². The van der Waals surface area contributed by atoms with Crippen molar-refractivity contribution in [2.75, 3.05) is 11.1 Å². The molecule has 1 heterocycles. The van der Waals surface area contributed by atoms with Crippen LogP contribution in [0.4, 0.5) is 24.8 Å². The van der Waals surface area contributed by atoms with Crippen LogP contribution in [0.3, 0.4) is 0 Å². The SMILES string of the molecule is CC(C)c1ccc(C(=O)NC(c2ccc(OC(F)(F)F)cc2)C(O)C(=O)Nc2ccc3nc(N)[nH]c3c2)cc1. The maximum atomic E-state index is 13.0. The molecule has 4 aromatic rings. The van der Waals surface area contributed by atoms with Crippen LogP contribution in [-0.4, -0.2) is 39.4 Å². The fraction of sp³-hybridized carbons (Fsp3) is 0.222. The number of halogens is 3. The molecule has 6 N–H and O–H groups in total. The lowest BCUT2D eigenvalue weighted by Crippen LogP contribution is -2.42. The highest BCUT2D eigenvalue weighted by Gasteiger charge is 2.32. The van der Waals surface area contributed by atoms with Crippen LogP contribution < -0.4 is 21.1 Å². The van der Waals surface area contributed by atoms with Gasteiger partial charge in [0.15, 0.2) is 12.1 Å². The maximum Gasteiger partial charge on any atom is 0.573 e. The molecule has 0 bridgehead atoms. The minimum absolute atomic E-state index is 0.177. The minimum atomic E-state index is -4.89. The molecule has 0 fully saturated rings. The first-order valence-corrected chi connectivity index (χ1v) is 11.9. The lowest BCUT2D eigenvalue weighted by atomic mass is 9.98. The topological polar surface area (TPSA) is 142 Å². The van der Waals surface area contributed by atoms with Crippen molar-refractivity contribution in [2.45, 2.75) is 38.3 Å². The normalized spacial score (nSPS) is 13.2. The van der Waals surface area contributed by atoms with Crippen LogP contribution in [-0.2, 0) is 4.79 Å². The van der Waals surface area contributed by atoms with E-state index >= 15 is 0 Å². The second kappa shape index (κ2) is 11.0. The Morgan fingerprint density at radius 2 is 1.64 bits per heavy atom. The number of amides is 2. The molecule has 9 nitrogen and oxygen atoms in total. The number of nitrogens with zero attached hydrogens (tertiary/aromatic N) is 1. The van der Waals surface area contributed by atoms with Gasteiger partial charge in [0.05, 0.1) is 17.1 Å². The number of ether oxygens (including phenoxy) is 1. The Bertz CT molecular complexity index is 1470. The van der Waals surface area contributed by atoms with E-state index in [-0.39, 0.29) is 23.0 Å². The number of hydrogen-bond donors (Lipinski definition) is 5. The van der Waals surface area contributed by atoms with Gasteiger partial charge in [-0.2, -0.15) is 0 Å². The van der Waals surface area contributed by atoms with Gasteiger partial charge >= 0.3 is 6.36 Å². The summed E-state index contributed by atoms with van der Waals surface area (Å²) in [5.74, 6) is -1.51. The standard InChI is InChI=1S/C27H26F3N5O4/c1-14(2)15-3-5-17(6-4-15)24(37)35-22(16-7-10-19(11-8-16)39-27(28,29)30)23(36)25(38)32-18-9-12-20-21(13-18)34-26(31)33-20/h3-14,22-23,36H,1-2H3,(H,32,38)(H,35,37)(H3,31,33,34). The first-order chi connectivity index (χ1) is 18.4. The van der Waals surface area contributed by atoms with Crippen molar-refractivity contribution in [3.8, 4) is 5.75 Å². The average Bonchev–Trinajstić information content (AvgIpc) is 3.25. The lowest BCUT2D eigenvalue weighted by Gasteiger charge is -2.24. The second-order valence-electron chi connectivity index (χ2n) is 9.13. The molecule has 0 spiro atoms. The number of aliphatic hydroxyl groups is 1. The second-order valence-corrected chi connectivity index (χ2v) is 9.13. The molecule has 39 heavy (non-hydrogen) atoms. The number of benzene rings is 3. The predicted octanol–water partition coefficient (Wildman–Crippen LogP) is 4.64. The van der Waals surface area contributed by atoms with E-state index in [1.165, 1.54) is 12.1 Å². The fourth-order valence-electron chi connectivity index (χ4n) is 3.94. The van der Waals surface area contributed by atoms with Gasteiger partial charge in [0, 0.05) is 11.3 Å². The number of anilines is 2. The third kappa shape index (κ3) is 6.85. The van der Waals surface area contributed by atoms with Crippen molar-refractivity contribution in [2.24, 2.45) is 0 Å². The van der Waals surface area contributed by atoms with Gasteiger partial charge in [-0.05, 0) is 59.5 Å². The number of nitrogens with one attached hydrogen (secondary N) is 3. The number of H-pyrrole nitrogens is 1. The highest BCUT2D eigenvalue weighted by atomic mass is 19.4. The number of aliphatic hydroxyl groups excluding tert-OH is 1. The number of rotatable bonds is 8. The van der Waals surface area contributed by atoms with E-state index in [2.05, 4.69) is 25.3 Å². The number of aromatic amines is 1. The van der Waals surface area contributed by atoms with Gasteiger partial charge in [-0.3, -0.25) is 9.59 Å². The summed E-state index contributed by atoms with van der Waals surface area (Å²) in [6.07, 6.45) is -6.71. The molecular weight excluding hydrogens is 515 g/mol. The van der Waals surface area contributed by atoms with Gasteiger partial charge in [-0.25, -0.2) is 4.98 Å². The highest BCUT2D eigenvalue weighted by molar-refractivity contribution is 5.98. The number of nitrogen functional groups attached to an aromatic ring is 1. The summed E-state index contributed by atoms with van der Waals surface area (Å²) >= 11 is 0. The maximum absolute atomic E-state index is 13.0. The summed E-state index contributed by atoms with van der Waals surface area (Å²) in [6, 6.07) is 14.7. The Kier molecular flexibility index (Phi) is 7.77. The number of nitrogens with two attached hydrogens (primary N) is 1. The number of hydrogen-bond acceptors (Lipinski definition) is 6. The largest absolute Gasteiger partial charge is 0.573 e. The number of carbonyl (C=O) groups is 2. The van der Waals surface area contributed by atoms with Crippen molar-refractivity contribution in [3.63, 3.8) is 0 Å². The molecule has 2 atom stereocenters. The van der Waals surface area contributed by atoms with E-state index in [0.717, 1.165) is 17.7 Å². The van der Waals surface area contributed by atoms with E-state index in [9.17, 15) is 27.9 Å².